The van der Waals surface area contributed by atoms with Crippen LogP contribution in [0.3, 0.4) is 0 Å². The highest BCUT2D eigenvalue weighted by Crippen LogP contribution is 2.46. The van der Waals surface area contributed by atoms with Crippen LogP contribution in [0.15, 0.2) is 57.8 Å². The van der Waals surface area contributed by atoms with Gasteiger partial charge in [0, 0.05) is 35.5 Å². The van der Waals surface area contributed by atoms with E-state index in [-0.39, 0.29) is 6.10 Å². The molecule has 2 aliphatic heterocycles. The highest BCUT2D eigenvalue weighted by atomic mass is 35.5. The van der Waals surface area contributed by atoms with Gasteiger partial charge in [-0.1, -0.05) is 23.7 Å². The van der Waals surface area contributed by atoms with Crippen molar-refractivity contribution in [3.63, 3.8) is 0 Å². The first-order valence-corrected chi connectivity index (χ1v) is 11.6. The largest absolute Gasteiger partial charge is 0.373 e. The summed E-state index contributed by atoms with van der Waals surface area (Å²) in [6, 6.07) is 11.9. The van der Waals surface area contributed by atoms with Crippen molar-refractivity contribution in [3.8, 4) is 10.6 Å². The van der Waals surface area contributed by atoms with Gasteiger partial charge >= 0.3 is 0 Å². The SMILES string of the molecule is Cc1cc(-c2nc(Cc3ccc(Cl)cc3)c(C3(C4CCCCO4)N=CN=N3)s2)ccn1. The Bertz CT molecular complexity index is 1120. The van der Waals surface area contributed by atoms with E-state index in [1.54, 1.807) is 17.7 Å². The van der Waals surface area contributed by atoms with E-state index in [0.29, 0.717) is 6.42 Å². The highest BCUT2D eigenvalue weighted by Gasteiger charge is 2.47. The molecule has 158 valence electrons. The number of halogens is 1. The average Bonchev–Trinajstić information content (AvgIpc) is 3.44. The first kappa shape index (κ1) is 20.4. The molecule has 1 fully saturated rings. The molecule has 31 heavy (non-hydrogen) atoms. The minimum absolute atomic E-state index is 0.139. The van der Waals surface area contributed by atoms with E-state index in [0.717, 1.165) is 63.3 Å². The first-order valence-electron chi connectivity index (χ1n) is 10.4. The van der Waals surface area contributed by atoms with E-state index in [9.17, 15) is 0 Å². The van der Waals surface area contributed by atoms with Gasteiger partial charge in [0.1, 0.15) is 17.5 Å². The maximum absolute atomic E-state index is 6.16. The molecule has 0 N–H and O–H groups in total. The summed E-state index contributed by atoms with van der Waals surface area (Å²) in [5.41, 5.74) is 3.22. The van der Waals surface area contributed by atoms with Crippen LogP contribution in [-0.4, -0.2) is 29.0 Å². The molecule has 0 saturated carbocycles. The van der Waals surface area contributed by atoms with Gasteiger partial charge in [-0.3, -0.25) is 4.98 Å². The predicted molar refractivity (Wildman–Crippen MR) is 123 cm³/mol. The minimum Gasteiger partial charge on any atom is -0.373 e. The Morgan fingerprint density at radius 2 is 2.06 bits per heavy atom. The molecule has 2 atom stereocenters. The summed E-state index contributed by atoms with van der Waals surface area (Å²) >= 11 is 7.71. The fourth-order valence-corrected chi connectivity index (χ4v) is 5.40. The van der Waals surface area contributed by atoms with Crippen LogP contribution in [0, 0.1) is 6.92 Å². The summed E-state index contributed by atoms with van der Waals surface area (Å²) in [6.07, 6.45) is 6.94. The number of aryl methyl sites for hydroxylation is 1. The molecular formula is C23H22ClN5OS. The van der Waals surface area contributed by atoms with Crippen LogP contribution in [0.1, 0.15) is 41.1 Å². The van der Waals surface area contributed by atoms with E-state index in [2.05, 4.69) is 21.3 Å². The van der Waals surface area contributed by atoms with Crippen LogP contribution in [0.4, 0.5) is 0 Å². The fraction of sp³-hybridized carbons (Fsp3) is 0.348. The number of aliphatic imine (C=N–C) groups is 1. The van der Waals surface area contributed by atoms with Crippen molar-refractivity contribution in [1.82, 2.24) is 9.97 Å². The number of nitrogens with zero attached hydrogens (tertiary/aromatic N) is 5. The molecule has 1 saturated heterocycles. The Hall–Kier alpha value is -2.48. The molecule has 0 aliphatic carbocycles. The quantitative estimate of drug-likeness (QED) is 0.479. The normalized spacial score (nSPS) is 22.8. The molecule has 0 bridgehead atoms. The van der Waals surface area contributed by atoms with Gasteiger partial charge in [0.05, 0.1) is 10.6 Å². The zero-order valence-electron chi connectivity index (χ0n) is 17.2. The maximum atomic E-state index is 6.16. The highest BCUT2D eigenvalue weighted by molar-refractivity contribution is 7.15. The van der Waals surface area contributed by atoms with Gasteiger partial charge in [-0.2, -0.15) is 0 Å². The van der Waals surface area contributed by atoms with E-state index in [4.69, 9.17) is 26.3 Å². The van der Waals surface area contributed by atoms with E-state index < -0.39 is 5.66 Å². The molecule has 2 unspecified atom stereocenters. The second-order valence-corrected chi connectivity index (χ2v) is 9.26. The number of aromatic nitrogens is 2. The molecule has 8 heteroatoms. The summed E-state index contributed by atoms with van der Waals surface area (Å²) in [6.45, 7) is 2.71. The Morgan fingerprint density at radius 3 is 2.77 bits per heavy atom. The number of hydrogen-bond donors (Lipinski definition) is 0. The van der Waals surface area contributed by atoms with E-state index >= 15 is 0 Å². The monoisotopic (exact) mass is 451 g/mol. The van der Waals surface area contributed by atoms with Crippen molar-refractivity contribution in [3.05, 3.63) is 69.4 Å². The van der Waals surface area contributed by atoms with Crippen LogP contribution in [0.5, 0.6) is 0 Å². The zero-order valence-corrected chi connectivity index (χ0v) is 18.7. The maximum Gasteiger partial charge on any atom is 0.234 e. The van der Waals surface area contributed by atoms with Gasteiger partial charge in [-0.05, 0) is 56.0 Å². The van der Waals surface area contributed by atoms with Crippen LogP contribution < -0.4 is 0 Å². The third kappa shape index (κ3) is 4.05. The van der Waals surface area contributed by atoms with Gasteiger partial charge in [0.15, 0.2) is 0 Å². The summed E-state index contributed by atoms with van der Waals surface area (Å²) in [7, 11) is 0. The lowest BCUT2D eigenvalue weighted by molar-refractivity contribution is -0.0308. The van der Waals surface area contributed by atoms with Gasteiger partial charge < -0.3 is 4.74 Å². The number of ether oxygens (including phenoxy) is 1. The van der Waals surface area contributed by atoms with Crippen molar-refractivity contribution in [2.24, 2.45) is 15.2 Å². The Kier molecular flexibility index (Phi) is 5.65. The fourth-order valence-electron chi connectivity index (χ4n) is 4.07. The Labute approximate surface area is 190 Å². The summed E-state index contributed by atoms with van der Waals surface area (Å²) in [5, 5.41) is 10.4. The summed E-state index contributed by atoms with van der Waals surface area (Å²) in [4.78, 5) is 15.1. The molecular weight excluding hydrogens is 430 g/mol. The van der Waals surface area contributed by atoms with Crippen LogP contribution in [0.25, 0.3) is 10.6 Å². The van der Waals surface area contributed by atoms with Crippen molar-refractivity contribution in [2.75, 3.05) is 6.61 Å². The molecule has 0 spiro atoms. The van der Waals surface area contributed by atoms with Crippen molar-refractivity contribution in [1.29, 1.82) is 0 Å². The van der Waals surface area contributed by atoms with Gasteiger partial charge in [0.2, 0.25) is 5.66 Å². The van der Waals surface area contributed by atoms with Crippen molar-refractivity contribution >= 4 is 29.3 Å². The number of rotatable bonds is 5. The van der Waals surface area contributed by atoms with Crippen LogP contribution in [0.2, 0.25) is 5.02 Å². The second-order valence-electron chi connectivity index (χ2n) is 7.83. The number of thiazole rings is 1. The molecule has 0 radical (unpaired) electrons. The molecule has 2 aliphatic rings. The standard InChI is InChI=1S/C23H22ClN5OS/c1-15-12-17(9-10-25-15)22-28-19(13-16-5-7-18(24)8-6-16)21(31-22)23(26-14-27-29-23)20-4-2-3-11-30-20/h5-10,12,14,20H,2-4,11,13H2,1H3. The third-order valence-corrected chi connectivity index (χ3v) is 7.12. The van der Waals surface area contributed by atoms with Gasteiger partial charge in [-0.15, -0.1) is 21.6 Å². The average molecular weight is 452 g/mol. The Morgan fingerprint density at radius 1 is 1.19 bits per heavy atom. The number of hydrogen-bond acceptors (Lipinski definition) is 7. The third-order valence-electron chi connectivity index (χ3n) is 5.61. The first-order chi connectivity index (χ1) is 15.1. The molecule has 3 aromatic rings. The number of benzene rings is 1. The molecule has 2 aromatic heterocycles. The predicted octanol–water partition coefficient (Wildman–Crippen LogP) is 5.97. The van der Waals surface area contributed by atoms with E-state index in [1.807, 2.05) is 43.5 Å². The van der Waals surface area contributed by atoms with Gasteiger partial charge in [-0.25, -0.2) is 9.98 Å². The molecule has 0 amide bonds. The summed E-state index contributed by atoms with van der Waals surface area (Å²) < 4.78 is 6.16. The lowest BCUT2D eigenvalue weighted by Gasteiger charge is -2.33. The zero-order chi connectivity index (χ0) is 21.3. The lowest BCUT2D eigenvalue weighted by atomic mass is 9.93. The van der Waals surface area contributed by atoms with Crippen LogP contribution in [-0.2, 0) is 16.8 Å². The van der Waals surface area contributed by atoms with E-state index in [1.165, 1.54) is 0 Å². The molecule has 1 aromatic carbocycles. The smallest absolute Gasteiger partial charge is 0.234 e. The molecule has 4 heterocycles. The summed E-state index contributed by atoms with van der Waals surface area (Å²) in [5.74, 6) is 0. The van der Waals surface area contributed by atoms with Crippen molar-refractivity contribution < 1.29 is 4.74 Å². The van der Waals surface area contributed by atoms with Crippen LogP contribution >= 0.6 is 22.9 Å². The number of azo groups is 1. The van der Waals surface area contributed by atoms with Crippen molar-refractivity contribution in [2.45, 2.75) is 44.4 Å². The molecule has 5 rings (SSSR count). The number of pyridine rings is 1. The second kappa shape index (κ2) is 8.57. The minimum atomic E-state index is -0.861. The van der Waals surface area contributed by atoms with Gasteiger partial charge in [0.25, 0.3) is 0 Å². The Balaban J connectivity index is 1.62. The lowest BCUT2D eigenvalue weighted by Crippen LogP contribution is -2.39. The topological polar surface area (TPSA) is 72.1 Å². The molecule has 6 nitrogen and oxygen atoms in total.